The number of hydrogen-bond acceptors (Lipinski definition) is 2. The Kier molecular flexibility index (Phi) is 3.17. The molecule has 1 aromatic rings. The van der Waals surface area contributed by atoms with E-state index in [2.05, 4.69) is 44.7 Å². The van der Waals surface area contributed by atoms with Crippen LogP contribution >= 0.6 is 23.1 Å². The zero-order chi connectivity index (χ0) is 10.8. The maximum atomic E-state index is 4.01. The van der Waals surface area contributed by atoms with E-state index >= 15 is 0 Å². The second-order valence-electron chi connectivity index (χ2n) is 3.69. The predicted octanol–water partition coefficient (Wildman–Crippen LogP) is 4.78. The zero-order valence-electron chi connectivity index (χ0n) is 9.04. The van der Waals surface area contributed by atoms with Gasteiger partial charge in [-0.2, -0.15) is 0 Å². The molecule has 0 atom stereocenters. The molecule has 0 radical (unpaired) electrons. The first-order valence-electron chi connectivity index (χ1n) is 4.92. The van der Waals surface area contributed by atoms with Crippen LogP contribution < -0.4 is 0 Å². The molecule has 0 aliphatic carbocycles. The van der Waals surface area contributed by atoms with Gasteiger partial charge in [-0.1, -0.05) is 18.7 Å². The van der Waals surface area contributed by atoms with Crippen molar-refractivity contribution in [2.75, 3.05) is 0 Å². The predicted molar refractivity (Wildman–Crippen MR) is 72.3 cm³/mol. The second kappa shape index (κ2) is 4.42. The van der Waals surface area contributed by atoms with Gasteiger partial charge in [0.05, 0.1) is 0 Å². The summed E-state index contributed by atoms with van der Waals surface area (Å²) >= 11 is 3.79. The van der Waals surface area contributed by atoms with Crippen molar-refractivity contribution >= 4 is 29.2 Å². The summed E-state index contributed by atoms with van der Waals surface area (Å²) in [7, 11) is 0. The summed E-state index contributed by atoms with van der Waals surface area (Å²) in [5.41, 5.74) is 2.44. The Balaban J connectivity index is 2.40. The van der Waals surface area contributed by atoms with E-state index < -0.39 is 0 Å². The van der Waals surface area contributed by atoms with Crippen molar-refractivity contribution in [3.8, 4) is 0 Å². The maximum absolute atomic E-state index is 4.01. The first kappa shape index (κ1) is 10.8. The van der Waals surface area contributed by atoms with Crippen LogP contribution in [0.15, 0.2) is 35.3 Å². The molecule has 0 amide bonds. The summed E-state index contributed by atoms with van der Waals surface area (Å²) in [6.07, 6.45) is 6.42. The van der Waals surface area contributed by atoms with Crippen molar-refractivity contribution in [1.29, 1.82) is 0 Å². The minimum absolute atomic E-state index is 1.08. The lowest BCUT2D eigenvalue weighted by atomic mass is 10.2. The van der Waals surface area contributed by atoms with Gasteiger partial charge in [-0.25, -0.2) is 0 Å². The Morgan fingerprint density at radius 3 is 2.87 bits per heavy atom. The van der Waals surface area contributed by atoms with Crippen LogP contribution in [0.3, 0.4) is 0 Å². The fourth-order valence-corrected chi connectivity index (χ4v) is 3.56. The molecular weight excluding hydrogens is 220 g/mol. The Morgan fingerprint density at radius 2 is 2.07 bits per heavy atom. The van der Waals surface area contributed by atoms with Gasteiger partial charge in [0.25, 0.3) is 0 Å². The highest BCUT2D eigenvalue weighted by Crippen LogP contribution is 2.31. The van der Waals surface area contributed by atoms with Crippen molar-refractivity contribution in [2.45, 2.75) is 19.6 Å². The molecule has 2 rings (SSSR count). The molecular formula is C13H14S2. The molecule has 1 aliphatic rings. The van der Waals surface area contributed by atoms with Gasteiger partial charge in [0, 0.05) is 15.5 Å². The molecule has 0 fully saturated rings. The number of thioether (sulfide) groups is 1. The zero-order valence-corrected chi connectivity index (χ0v) is 10.7. The second-order valence-corrected chi connectivity index (χ2v) is 6.25. The van der Waals surface area contributed by atoms with Gasteiger partial charge in [-0.3, -0.25) is 0 Å². The Hall–Kier alpha value is -0.730. The van der Waals surface area contributed by atoms with E-state index in [0.717, 1.165) is 11.3 Å². The molecule has 2 heteroatoms. The summed E-state index contributed by atoms with van der Waals surface area (Å²) < 4.78 is 0. The summed E-state index contributed by atoms with van der Waals surface area (Å²) in [6.45, 7) is 8.33. The van der Waals surface area contributed by atoms with E-state index in [1.165, 1.54) is 20.2 Å². The lowest BCUT2D eigenvalue weighted by Crippen LogP contribution is -1.76. The molecule has 1 aliphatic heterocycles. The molecule has 0 saturated heterocycles. The van der Waals surface area contributed by atoms with Gasteiger partial charge >= 0.3 is 0 Å². The Bertz CT molecular complexity index is 447. The number of allylic oxidation sites excluding steroid dienone is 4. The molecule has 15 heavy (non-hydrogen) atoms. The van der Waals surface area contributed by atoms with E-state index in [1.54, 1.807) is 0 Å². The summed E-state index contributed by atoms with van der Waals surface area (Å²) in [4.78, 5) is 4.19. The fraction of sp³-hybridized carbons (Fsp3) is 0.231. The van der Waals surface area contributed by atoms with Crippen LogP contribution in [0.25, 0.3) is 6.08 Å². The summed E-state index contributed by atoms with van der Waals surface area (Å²) in [5, 5.41) is 0. The molecule has 0 bridgehead atoms. The van der Waals surface area contributed by atoms with Crippen molar-refractivity contribution in [1.82, 2.24) is 0 Å². The number of hydrogen-bond donors (Lipinski definition) is 0. The number of rotatable bonds is 0. The fourth-order valence-electron chi connectivity index (χ4n) is 1.56. The summed E-state index contributed by atoms with van der Waals surface area (Å²) in [6, 6.07) is 2.25. The van der Waals surface area contributed by atoms with Crippen molar-refractivity contribution in [2.24, 2.45) is 0 Å². The third-order valence-corrected chi connectivity index (χ3v) is 4.52. The molecule has 1 aromatic heterocycles. The topological polar surface area (TPSA) is 0 Å². The molecule has 0 spiro atoms. The van der Waals surface area contributed by atoms with Gasteiger partial charge in [0.1, 0.15) is 0 Å². The molecule has 0 unspecified atom stereocenters. The molecule has 2 heterocycles. The SMILES string of the molecule is C=C1/C=C\c2cc(C)sc2CS/C(C)=C\1. The normalized spacial score (nSPS) is 22.0. The van der Waals surface area contributed by atoms with Crippen LogP contribution in [-0.4, -0.2) is 0 Å². The average molecular weight is 234 g/mol. The smallest absolute Gasteiger partial charge is 0.0329 e. The minimum atomic E-state index is 1.08. The van der Waals surface area contributed by atoms with Crippen molar-refractivity contribution in [3.63, 3.8) is 0 Å². The number of aryl methyl sites for hydroxylation is 1. The Morgan fingerprint density at radius 1 is 1.27 bits per heavy atom. The molecule has 78 valence electrons. The molecule has 0 nitrogen and oxygen atoms in total. The number of fused-ring (bicyclic) bond motifs is 1. The largest absolute Gasteiger partial charge is 0.144 e. The van der Waals surface area contributed by atoms with Crippen LogP contribution in [0.4, 0.5) is 0 Å². The first-order chi connectivity index (χ1) is 7.15. The summed E-state index contributed by atoms with van der Waals surface area (Å²) in [5.74, 6) is 1.08. The molecule has 0 N–H and O–H groups in total. The minimum Gasteiger partial charge on any atom is -0.144 e. The van der Waals surface area contributed by atoms with Crippen LogP contribution in [0.2, 0.25) is 0 Å². The van der Waals surface area contributed by atoms with Gasteiger partial charge < -0.3 is 0 Å². The van der Waals surface area contributed by atoms with E-state index in [9.17, 15) is 0 Å². The molecule has 0 aromatic carbocycles. The standard InChI is InChI=1S/C13H14S2/c1-9-4-5-12-7-11(3)15-13(12)8-14-10(2)6-9/h4-7H,1,8H2,2-3H3/b5-4-,10-6-. The van der Waals surface area contributed by atoms with Crippen LogP contribution in [0.5, 0.6) is 0 Å². The number of thiophene rings is 1. The first-order valence-corrected chi connectivity index (χ1v) is 6.73. The van der Waals surface area contributed by atoms with Crippen LogP contribution in [0.1, 0.15) is 22.2 Å². The van der Waals surface area contributed by atoms with Crippen LogP contribution in [-0.2, 0) is 5.75 Å². The van der Waals surface area contributed by atoms with E-state index in [0.29, 0.717) is 0 Å². The maximum Gasteiger partial charge on any atom is 0.0329 e. The lowest BCUT2D eigenvalue weighted by Gasteiger charge is -1.99. The van der Waals surface area contributed by atoms with E-state index in [1.807, 2.05) is 23.1 Å². The van der Waals surface area contributed by atoms with Gasteiger partial charge in [-0.15, -0.1) is 23.1 Å². The quantitative estimate of drug-likeness (QED) is 0.622. The van der Waals surface area contributed by atoms with Gasteiger partial charge in [0.2, 0.25) is 0 Å². The van der Waals surface area contributed by atoms with Crippen LogP contribution in [0, 0.1) is 6.92 Å². The van der Waals surface area contributed by atoms with E-state index in [-0.39, 0.29) is 0 Å². The van der Waals surface area contributed by atoms with Gasteiger partial charge in [0.15, 0.2) is 0 Å². The highest BCUT2D eigenvalue weighted by Gasteiger charge is 2.06. The average Bonchev–Trinajstić information content (AvgIpc) is 2.53. The Labute approximate surface area is 99.4 Å². The van der Waals surface area contributed by atoms with Gasteiger partial charge in [-0.05, 0) is 42.0 Å². The van der Waals surface area contributed by atoms with Crippen molar-refractivity contribution in [3.05, 3.63) is 50.6 Å². The monoisotopic (exact) mass is 234 g/mol. The van der Waals surface area contributed by atoms with E-state index in [4.69, 9.17) is 0 Å². The third-order valence-electron chi connectivity index (χ3n) is 2.26. The highest BCUT2D eigenvalue weighted by atomic mass is 32.2. The lowest BCUT2D eigenvalue weighted by molar-refractivity contribution is 1.51. The highest BCUT2D eigenvalue weighted by molar-refractivity contribution is 8.02. The molecule has 0 saturated carbocycles. The van der Waals surface area contributed by atoms with Crippen molar-refractivity contribution < 1.29 is 0 Å². The third kappa shape index (κ3) is 2.64.